The molecule has 0 atom stereocenters. The molecular formula is C19H14N2O6. The van der Waals surface area contributed by atoms with E-state index in [0.717, 1.165) is 4.90 Å². The summed E-state index contributed by atoms with van der Waals surface area (Å²) in [5.41, 5.74) is 1.03. The van der Waals surface area contributed by atoms with Gasteiger partial charge in [-0.2, -0.15) is 0 Å². The molecule has 0 aromatic heterocycles. The van der Waals surface area contributed by atoms with E-state index >= 15 is 0 Å². The smallest absolute Gasteiger partial charge is 0.338 e. The van der Waals surface area contributed by atoms with Crippen molar-refractivity contribution in [3.05, 3.63) is 87.5 Å². The highest BCUT2D eigenvalue weighted by molar-refractivity contribution is 6.22. The molecule has 0 unspecified atom stereocenters. The number of esters is 1. The molecule has 2 aromatic rings. The number of nitrogens with zero attached hydrogens (tertiary/aromatic N) is 2. The predicted molar refractivity (Wildman–Crippen MR) is 94.2 cm³/mol. The van der Waals surface area contributed by atoms with Crippen molar-refractivity contribution in [2.75, 3.05) is 6.54 Å². The molecule has 0 fully saturated rings. The van der Waals surface area contributed by atoms with Crippen molar-refractivity contribution in [3.8, 4) is 0 Å². The summed E-state index contributed by atoms with van der Waals surface area (Å²) >= 11 is 0. The van der Waals surface area contributed by atoms with E-state index in [9.17, 15) is 24.5 Å². The first-order valence-corrected chi connectivity index (χ1v) is 7.94. The molecular weight excluding hydrogens is 352 g/mol. The van der Waals surface area contributed by atoms with Crippen LogP contribution in [0.15, 0.2) is 55.1 Å². The second-order valence-corrected chi connectivity index (χ2v) is 5.77. The SMILES string of the molecule is C=CCN1C(=O)c2ccc(C(=O)OCc3ccc([N+](=O)[O-])cc3)cc2C1=O. The Labute approximate surface area is 153 Å². The fourth-order valence-electron chi connectivity index (χ4n) is 2.66. The summed E-state index contributed by atoms with van der Waals surface area (Å²) in [6.07, 6.45) is 1.45. The van der Waals surface area contributed by atoms with E-state index in [1.807, 2.05) is 0 Å². The van der Waals surface area contributed by atoms with Crippen LogP contribution in [0.1, 0.15) is 36.6 Å². The first kappa shape index (κ1) is 18.0. The number of fused-ring (bicyclic) bond motifs is 1. The van der Waals surface area contributed by atoms with Crippen LogP contribution in [-0.2, 0) is 11.3 Å². The van der Waals surface area contributed by atoms with Crippen molar-refractivity contribution in [1.29, 1.82) is 0 Å². The predicted octanol–water partition coefficient (Wildman–Crippen LogP) is 2.73. The third-order valence-electron chi connectivity index (χ3n) is 4.04. The number of nitro groups is 1. The lowest BCUT2D eigenvalue weighted by atomic mass is 10.1. The summed E-state index contributed by atoms with van der Waals surface area (Å²) in [7, 11) is 0. The standard InChI is InChI=1S/C19H14N2O6/c1-2-9-20-17(22)15-8-5-13(10-16(15)18(20)23)19(24)27-11-12-3-6-14(7-4-12)21(25)26/h2-8,10H,1,9,11H2. The van der Waals surface area contributed by atoms with Gasteiger partial charge in [0.05, 0.1) is 21.6 Å². The molecule has 0 spiro atoms. The fourth-order valence-corrected chi connectivity index (χ4v) is 2.66. The Morgan fingerprint density at radius 1 is 1.11 bits per heavy atom. The lowest BCUT2D eigenvalue weighted by Crippen LogP contribution is -2.29. The van der Waals surface area contributed by atoms with Crippen molar-refractivity contribution in [2.45, 2.75) is 6.61 Å². The molecule has 1 aliphatic rings. The van der Waals surface area contributed by atoms with Crippen LogP contribution in [0.3, 0.4) is 0 Å². The third kappa shape index (κ3) is 3.45. The molecule has 1 heterocycles. The number of hydrogen-bond acceptors (Lipinski definition) is 6. The number of hydrogen-bond donors (Lipinski definition) is 0. The van der Waals surface area contributed by atoms with Crippen LogP contribution in [0.5, 0.6) is 0 Å². The van der Waals surface area contributed by atoms with Gasteiger partial charge in [0, 0.05) is 18.7 Å². The van der Waals surface area contributed by atoms with E-state index in [2.05, 4.69) is 6.58 Å². The highest BCUT2D eigenvalue weighted by Gasteiger charge is 2.35. The van der Waals surface area contributed by atoms with Crippen LogP contribution in [-0.4, -0.2) is 34.2 Å². The number of rotatable bonds is 6. The lowest BCUT2D eigenvalue weighted by Gasteiger charge is -2.09. The van der Waals surface area contributed by atoms with E-state index < -0.39 is 22.7 Å². The van der Waals surface area contributed by atoms with Crippen molar-refractivity contribution >= 4 is 23.5 Å². The Morgan fingerprint density at radius 3 is 2.41 bits per heavy atom. The van der Waals surface area contributed by atoms with Gasteiger partial charge in [0.15, 0.2) is 0 Å². The molecule has 3 rings (SSSR count). The zero-order chi connectivity index (χ0) is 19.6. The van der Waals surface area contributed by atoms with E-state index in [-0.39, 0.29) is 35.5 Å². The summed E-state index contributed by atoms with van der Waals surface area (Å²) < 4.78 is 5.18. The zero-order valence-corrected chi connectivity index (χ0v) is 14.1. The molecule has 2 aromatic carbocycles. The van der Waals surface area contributed by atoms with Crippen LogP contribution in [0.2, 0.25) is 0 Å². The first-order valence-electron chi connectivity index (χ1n) is 7.94. The van der Waals surface area contributed by atoms with E-state index in [1.54, 1.807) is 0 Å². The number of ether oxygens (including phenoxy) is 1. The number of carbonyl (C=O) groups excluding carboxylic acids is 3. The van der Waals surface area contributed by atoms with Gasteiger partial charge in [-0.25, -0.2) is 4.79 Å². The minimum atomic E-state index is -0.668. The van der Waals surface area contributed by atoms with Crippen molar-refractivity contribution < 1.29 is 24.0 Å². The van der Waals surface area contributed by atoms with Gasteiger partial charge in [-0.1, -0.05) is 6.08 Å². The molecule has 0 saturated carbocycles. The Bertz CT molecular complexity index is 965. The molecule has 0 N–H and O–H groups in total. The van der Waals surface area contributed by atoms with Crippen LogP contribution in [0, 0.1) is 10.1 Å². The normalized spacial score (nSPS) is 12.7. The molecule has 0 aliphatic carbocycles. The Kier molecular flexibility index (Phi) is 4.80. The van der Waals surface area contributed by atoms with Crippen molar-refractivity contribution in [3.63, 3.8) is 0 Å². The van der Waals surface area contributed by atoms with Crippen LogP contribution in [0.4, 0.5) is 5.69 Å². The van der Waals surface area contributed by atoms with E-state index in [0.29, 0.717) is 5.56 Å². The minimum absolute atomic E-state index is 0.0593. The molecule has 0 bridgehead atoms. The van der Waals surface area contributed by atoms with Gasteiger partial charge in [-0.05, 0) is 35.9 Å². The Morgan fingerprint density at radius 2 is 1.78 bits per heavy atom. The summed E-state index contributed by atoms with van der Waals surface area (Å²) in [6.45, 7) is 3.52. The Hall–Kier alpha value is -3.81. The van der Waals surface area contributed by atoms with Gasteiger partial charge in [-0.15, -0.1) is 6.58 Å². The van der Waals surface area contributed by atoms with Crippen molar-refractivity contribution in [1.82, 2.24) is 4.90 Å². The summed E-state index contributed by atoms with van der Waals surface area (Å²) in [5, 5.41) is 10.6. The largest absolute Gasteiger partial charge is 0.457 e. The lowest BCUT2D eigenvalue weighted by molar-refractivity contribution is -0.384. The monoisotopic (exact) mass is 366 g/mol. The fraction of sp³-hybridized carbons (Fsp3) is 0.105. The summed E-state index contributed by atoms with van der Waals surface area (Å²) in [4.78, 5) is 47.8. The number of amides is 2. The zero-order valence-electron chi connectivity index (χ0n) is 14.1. The maximum Gasteiger partial charge on any atom is 0.338 e. The second-order valence-electron chi connectivity index (χ2n) is 5.77. The molecule has 136 valence electrons. The maximum atomic E-state index is 12.3. The van der Waals surface area contributed by atoms with Gasteiger partial charge >= 0.3 is 5.97 Å². The number of benzene rings is 2. The number of non-ortho nitro benzene ring substituents is 1. The average Bonchev–Trinajstić information content (AvgIpc) is 2.91. The molecule has 1 aliphatic heterocycles. The second kappa shape index (κ2) is 7.20. The molecule has 27 heavy (non-hydrogen) atoms. The van der Waals surface area contributed by atoms with Gasteiger partial charge in [-0.3, -0.25) is 24.6 Å². The highest BCUT2D eigenvalue weighted by atomic mass is 16.6. The number of imide groups is 1. The quantitative estimate of drug-likeness (QED) is 0.256. The van der Waals surface area contributed by atoms with Gasteiger partial charge in [0.1, 0.15) is 6.61 Å². The maximum absolute atomic E-state index is 12.3. The highest BCUT2D eigenvalue weighted by Crippen LogP contribution is 2.24. The molecule has 8 nitrogen and oxygen atoms in total. The van der Waals surface area contributed by atoms with Gasteiger partial charge in [0.25, 0.3) is 17.5 Å². The molecule has 0 radical (unpaired) electrons. The molecule has 2 amide bonds. The summed E-state index contributed by atoms with van der Waals surface area (Å²) in [5.74, 6) is -1.58. The number of nitro benzene ring substituents is 1. The number of carbonyl (C=O) groups is 3. The third-order valence-corrected chi connectivity index (χ3v) is 4.04. The Balaban J connectivity index is 1.72. The van der Waals surface area contributed by atoms with Gasteiger partial charge in [0.2, 0.25) is 0 Å². The first-order chi connectivity index (χ1) is 12.9. The van der Waals surface area contributed by atoms with E-state index in [4.69, 9.17) is 4.74 Å². The van der Waals surface area contributed by atoms with Crippen LogP contribution in [0.25, 0.3) is 0 Å². The molecule has 0 saturated heterocycles. The van der Waals surface area contributed by atoms with Crippen molar-refractivity contribution in [2.24, 2.45) is 0 Å². The topological polar surface area (TPSA) is 107 Å². The summed E-state index contributed by atoms with van der Waals surface area (Å²) in [6, 6.07) is 9.78. The van der Waals surface area contributed by atoms with Crippen LogP contribution >= 0.6 is 0 Å². The average molecular weight is 366 g/mol. The van der Waals surface area contributed by atoms with Gasteiger partial charge < -0.3 is 4.74 Å². The van der Waals surface area contributed by atoms with Crippen LogP contribution < -0.4 is 0 Å². The van der Waals surface area contributed by atoms with E-state index in [1.165, 1.54) is 48.5 Å². The molecule has 8 heteroatoms. The minimum Gasteiger partial charge on any atom is -0.457 e.